The third-order valence-electron chi connectivity index (χ3n) is 5.96. The maximum Gasteiger partial charge on any atom is 0.274 e. The van der Waals surface area contributed by atoms with Gasteiger partial charge in [-0.15, -0.1) is 0 Å². The van der Waals surface area contributed by atoms with E-state index in [1.54, 1.807) is 29.4 Å². The van der Waals surface area contributed by atoms with Gasteiger partial charge < -0.3 is 15.1 Å². The Hall–Kier alpha value is -3.68. The van der Waals surface area contributed by atoms with E-state index in [1.165, 1.54) is 11.3 Å². The molecule has 164 valence electrons. The van der Waals surface area contributed by atoms with Crippen LogP contribution in [0.2, 0.25) is 0 Å². The molecule has 0 atom stereocenters. The molecule has 1 saturated carbocycles. The standard InChI is InChI=1S/C24H26N6O2/c1-17-3-2-4-20(13-17)28-9-11-29(12-10-28)24(32)21-15-30(16-26-21)22-8-7-19(14-25-22)27-23(31)18-5-6-18/h2-4,7-8,13-16,18H,5-6,9-12H2,1H3,(H,27,31). The Balaban J connectivity index is 1.20. The molecule has 0 bridgehead atoms. The summed E-state index contributed by atoms with van der Waals surface area (Å²) in [5, 5.41) is 2.88. The molecule has 5 rings (SSSR count). The van der Waals surface area contributed by atoms with E-state index in [9.17, 15) is 9.59 Å². The molecule has 8 heteroatoms. The predicted molar refractivity (Wildman–Crippen MR) is 122 cm³/mol. The molecule has 0 radical (unpaired) electrons. The predicted octanol–water partition coefficient (Wildman–Crippen LogP) is 2.89. The first-order chi connectivity index (χ1) is 15.6. The summed E-state index contributed by atoms with van der Waals surface area (Å²) < 4.78 is 1.72. The number of aromatic nitrogens is 3. The van der Waals surface area contributed by atoms with E-state index in [1.807, 2.05) is 11.0 Å². The summed E-state index contributed by atoms with van der Waals surface area (Å²) in [6, 6.07) is 12.1. The van der Waals surface area contributed by atoms with Gasteiger partial charge in [-0.25, -0.2) is 9.97 Å². The van der Waals surface area contributed by atoms with Crippen LogP contribution in [0.1, 0.15) is 28.9 Å². The number of carbonyl (C=O) groups is 2. The van der Waals surface area contributed by atoms with Gasteiger partial charge in [-0.05, 0) is 49.6 Å². The number of nitrogens with one attached hydrogen (secondary N) is 1. The molecule has 1 aliphatic heterocycles. The molecule has 0 spiro atoms. The van der Waals surface area contributed by atoms with Crippen molar-refractivity contribution in [2.75, 3.05) is 36.4 Å². The van der Waals surface area contributed by atoms with Crippen molar-refractivity contribution in [2.45, 2.75) is 19.8 Å². The number of anilines is 2. The van der Waals surface area contributed by atoms with Gasteiger partial charge in [-0.2, -0.15) is 0 Å². The molecule has 2 aromatic heterocycles. The van der Waals surface area contributed by atoms with Crippen molar-refractivity contribution in [3.05, 3.63) is 66.4 Å². The number of imidazole rings is 1. The van der Waals surface area contributed by atoms with Gasteiger partial charge in [-0.3, -0.25) is 14.2 Å². The molecule has 1 aliphatic carbocycles. The average Bonchev–Trinajstić information content (AvgIpc) is 3.56. The monoisotopic (exact) mass is 430 g/mol. The van der Waals surface area contributed by atoms with E-state index < -0.39 is 0 Å². The Morgan fingerprint density at radius 1 is 1.03 bits per heavy atom. The minimum Gasteiger partial charge on any atom is -0.368 e. The Bertz CT molecular complexity index is 1130. The lowest BCUT2D eigenvalue weighted by Gasteiger charge is -2.36. The fraction of sp³-hybridized carbons (Fsp3) is 0.333. The van der Waals surface area contributed by atoms with Crippen LogP contribution in [-0.4, -0.2) is 57.4 Å². The summed E-state index contributed by atoms with van der Waals surface area (Å²) in [6.45, 7) is 5.00. The molecule has 32 heavy (non-hydrogen) atoms. The van der Waals surface area contributed by atoms with Crippen molar-refractivity contribution in [1.29, 1.82) is 0 Å². The lowest BCUT2D eigenvalue weighted by atomic mass is 10.2. The molecule has 3 aromatic rings. The Morgan fingerprint density at radius 2 is 1.84 bits per heavy atom. The number of hydrogen-bond donors (Lipinski definition) is 1. The molecule has 1 saturated heterocycles. The maximum atomic E-state index is 13.0. The highest BCUT2D eigenvalue weighted by Gasteiger charge is 2.29. The van der Waals surface area contributed by atoms with Gasteiger partial charge in [0.25, 0.3) is 5.91 Å². The van der Waals surface area contributed by atoms with Crippen LogP contribution in [0.3, 0.4) is 0 Å². The van der Waals surface area contributed by atoms with Crippen molar-refractivity contribution in [3.8, 4) is 5.82 Å². The van der Waals surface area contributed by atoms with Crippen molar-refractivity contribution < 1.29 is 9.59 Å². The summed E-state index contributed by atoms with van der Waals surface area (Å²) in [4.78, 5) is 37.7. The number of pyridine rings is 1. The normalized spacial score (nSPS) is 16.2. The van der Waals surface area contributed by atoms with E-state index in [0.29, 0.717) is 30.3 Å². The number of nitrogens with zero attached hydrogens (tertiary/aromatic N) is 5. The van der Waals surface area contributed by atoms with Crippen LogP contribution in [0.5, 0.6) is 0 Å². The lowest BCUT2D eigenvalue weighted by molar-refractivity contribution is -0.117. The van der Waals surface area contributed by atoms with E-state index in [4.69, 9.17) is 0 Å². The molecule has 2 amide bonds. The Kier molecular flexibility index (Phi) is 5.34. The van der Waals surface area contributed by atoms with Crippen molar-refractivity contribution in [2.24, 2.45) is 5.92 Å². The van der Waals surface area contributed by atoms with Gasteiger partial charge in [-0.1, -0.05) is 12.1 Å². The third kappa shape index (κ3) is 4.34. The summed E-state index contributed by atoms with van der Waals surface area (Å²) >= 11 is 0. The zero-order chi connectivity index (χ0) is 22.1. The van der Waals surface area contributed by atoms with Crippen LogP contribution in [0.15, 0.2) is 55.1 Å². The van der Waals surface area contributed by atoms with E-state index in [2.05, 4.69) is 51.4 Å². The Labute approximate surface area is 186 Å². The fourth-order valence-corrected chi connectivity index (χ4v) is 3.92. The summed E-state index contributed by atoms with van der Waals surface area (Å²) in [6.07, 6.45) is 6.86. The SMILES string of the molecule is Cc1cccc(N2CCN(C(=O)c3cn(-c4ccc(NC(=O)C5CC5)cn4)cn3)CC2)c1. The van der Waals surface area contributed by atoms with Gasteiger partial charge >= 0.3 is 0 Å². The number of aryl methyl sites for hydroxylation is 1. The van der Waals surface area contributed by atoms with Crippen LogP contribution in [0.4, 0.5) is 11.4 Å². The maximum absolute atomic E-state index is 13.0. The van der Waals surface area contributed by atoms with Gasteiger partial charge in [0.15, 0.2) is 0 Å². The quantitative estimate of drug-likeness (QED) is 0.673. The molecular formula is C24H26N6O2. The summed E-state index contributed by atoms with van der Waals surface area (Å²) in [5.74, 6) is 0.777. The number of piperazine rings is 1. The third-order valence-corrected chi connectivity index (χ3v) is 5.96. The van der Waals surface area contributed by atoms with Crippen LogP contribution in [0, 0.1) is 12.8 Å². The lowest BCUT2D eigenvalue weighted by Crippen LogP contribution is -2.48. The number of benzene rings is 1. The zero-order valence-corrected chi connectivity index (χ0v) is 18.1. The van der Waals surface area contributed by atoms with Gasteiger partial charge in [0, 0.05) is 44.0 Å². The number of amides is 2. The van der Waals surface area contributed by atoms with E-state index >= 15 is 0 Å². The highest BCUT2D eigenvalue weighted by Crippen LogP contribution is 2.30. The van der Waals surface area contributed by atoms with Gasteiger partial charge in [0.2, 0.25) is 5.91 Å². The second-order valence-electron chi connectivity index (χ2n) is 8.45. The summed E-state index contributed by atoms with van der Waals surface area (Å²) in [7, 11) is 0. The van der Waals surface area contributed by atoms with Gasteiger partial charge in [0.05, 0.1) is 11.9 Å². The first kappa shape index (κ1) is 20.2. The molecule has 0 unspecified atom stereocenters. The molecular weight excluding hydrogens is 404 g/mol. The van der Waals surface area contributed by atoms with Crippen molar-refractivity contribution >= 4 is 23.2 Å². The average molecular weight is 431 g/mol. The second kappa shape index (κ2) is 8.45. The molecule has 1 aromatic carbocycles. The topological polar surface area (TPSA) is 83.4 Å². The minimum atomic E-state index is -0.0686. The highest BCUT2D eigenvalue weighted by atomic mass is 16.2. The van der Waals surface area contributed by atoms with E-state index in [0.717, 1.165) is 25.9 Å². The Morgan fingerprint density at radius 3 is 2.53 bits per heavy atom. The van der Waals surface area contributed by atoms with Crippen molar-refractivity contribution in [3.63, 3.8) is 0 Å². The number of carbonyl (C=O) groups excluding carboxylic acids is 2. The minimum absolute atomic E-state index is 0.0533. The van der Waals surface area contributed by atoms with Crippen LogP contribution < -0.4 is 10.2 Å². The molecule has 2 fully saturated rings. The van der Waals surface area contributed by atoms with Gasteiger partial charge in [0.1, 0.15) is 17.8 Å². The first-order valence-corrected chi connectivity index (χ1v) is 11.0. The molecule has 1 N–H and O–H groups in total. The van der Waals surface area contributed by atoms with Crippen LogP contribution >= 0.6 is 0 Å². The van der Waals surface area contributed by atoms with E-state index in [-0.39, 0.29) is 17.7 Å². The largest absolute Gasteiger partial charge is 0.368 e. The summed E-state index contributed by atoms with van der Waals surface area (Å²) in [5.41, 5.74) is 3.51. The van der Waals surface area contributed by atoms with Crippen LogP contribution in [-0.2, 0) is 4.79 Å². The number of hydrogen-bond acceptors (Lipinski definition) is 5. The first-order valence-electron chi connectivity index (χ1n) is 11.0. The zero-order valence-electron chi connectivity index (χ0n) is 18.1. The fourth-order valence-electron chi connectivity index (χ4n) is 3.92. The molecule has 3 heterocycles. The number of rotatable bonds is 5. The molecule has 2 aliphatic rings. The van der Waals surface area contributed by atoms with Crippen LogP contribution in [0.25, 0.3) is 5.82 Å². The second-order valence-corrected chi connectivity index (χ2v) is 8.45. The van der Waals surface area contributed by atoms with Crippen molar-refractivity contribution in [1.82, 2.24) is 19.4 Å². The molecule has 8 nitrogen and oxygen atoms in total. The smallest absolute Gasteiger partial charge is 0.274 e. The highest BCUT2D eigenvalue weighted by molar-refractivity contribution is 5.94.